The summed E-state index contributed by atoms with van der Waals surface area (Å²) in [6, 6.07) is 4.00. The van der Waals surface area contributed by atoms with E-state index < -0.39 is 0 Å². The van der Waals surface area contributed by atoms with E-state index in [0.29, 0.717) is 0 Å². The molecule has 1 nitrogen and oxygen atoms in total. The van der Waals surface area contributed by atoms with Crippen LogP contribution in [0, 0.1) is 0 Å². The van der Waals surface area contributed by atoms with Crippen LogP contribution in [0.3, 0.4) is 0 Å². The Morgan fingerprint density at radius 1 is 1.00 bits per heavy atom. The van der Waals surface area contributed by atoms with Crippen molar-refractivity contribution in [1.82, 2.24) is 4.57 Å². The van der Waals surface area contributed by atoms with Crippen molar-refractivity contribution in [3.8, 4) is 0 Å². The molecule has 0 aliphatic rings. The minimum atomic E-state index is 2.00. The Balaban J connectivity index is 0.000000222. The van der Waals surface area contributed by atoms with Gasteiger partial charge in [0.1, 0.15) is 0 Å². The van der Waals surface area contributed by atoms with Gasteiger partial charge in [0, 0.05) is 19.4 Å². The predicted octanol–water partition coefficient (Wildman–Crippen LogP) is 2.05. The Hall–Kier alpha value is -0.720. The van der Waals surface area contributed by atoms with Crippen molar-refractivity contribution >= 4 is 0 Å². The lowest BCUT2D eigenvalue weighted by atomic mass is 10.7. The molecule has 0 aliphatic carbocycles. The summed E-state index contributed by atoms with van der Waals surface area (Å²) in [6.45, 7) is 4.00. The summed E-state index contributed by atoms with van der Waals surface area (Å²) in [5.74, 6) is 0. The van der Waals surface area contributed by atoms with Crippen LogP contribution in [0.4, 0.5) is 0 Å². The third-order valence-corrected chi connectivity index (χ3v) is 0.754. The lowest BCUT2D eigenvalue weighted by Crippen LogP contribution is -1.75. The maximum absolute atomic E-state index is 2.00. The molecular formula is C7H13N. The van der Waals surface area contributed by atoms with E-state index in [2.05, 4.69) is 0 Å². The van der Waals surface area contributed by atoms with Crippen LogP contribution in [0.2, 0.25) is 0 Å². The molecule has 1 heteroatoms. The fourth-order valence-electron chi connectivity index (χ4n) is 0.421. The third-order valence-electron chi connectivity index (χ3n) is 0.754. The van der Waals surface area contributed by atoms with Gasteiger partial charge in [-0.3, -0.25) is 0 Å². The van der Waals surface area contributed by atoms with E-state index in [0.717, 1.165) is 0 Å². The Morgan fingerprint density at radius 2 is 1.38 bits per heavy atom. The first-order chi connectivity index (χ1) is 3.89. The summed E-state index contributed by atoms with van der Waals surface area (Å²) in [5.41, 5.74) is 0. The molecule has 1 aromatic rings. The van der Waals surface area contributed by atoms with Crippen LogP contribution in [0.1, 0.15) is 13.8 Å². The van der Waals surface area contributed by atoms with Gasteiger partial charge in [0.15, 0.2) is 0 Å². The van der Waals surface area contributed by atoms with Crippen molar-refractivity contribution in [3.63, 3.8) is 0 Å². The smallest absolute Gasteiger partial charge is 0.0106 e. The molecule has 0 radical (unpaired) electrons. The minimum absolute atomic E-state index is 2.00. The van der Waals surface area contributed by atoms with Crippen molar-refractivity contribution in [3.05, 3.63) is 24.5 Å². The maximum atomic E-state index is 2.00. The fourth-order valence-corrected chi connectivity index (χ4v) is 0.421. The van der Waals surface area contributed by atoms with Crippen molar-refractivity contribution in [2.45, 2.75) is 13.8 Å². The van der Waals surface area contributed by atoms with E-state index in [1.54, 1.807) is 0 Å². The fraction of sp³-hybridized carbons (Fsp3) is 0.429. The van der Waals surface area contributed by atoms with Crippen LogP contribution in [-0.2, 0) is 7.05 Å². The van der Waals surface area contributed by atoms with Crippen molar-refractivity contribution < 1.29 is 0 Å². The van der Waals surface area contributed by atoms with Crippen molar-refractivity contribution in [2.24, 2.45) is 7.05 Å². The van der Waals surface area contributed by atoms with Crippen molar-refractivity contribution in [2.75, 3.05) is 0 Å². The number of aryl methyl sites for hydroxylation is 1. The summed E-state index contributed by atoms with van der Waals surface area (Å²) < 4.78 is 2.00. The molecule has 0 saturated heterocycles. The van der Waals surface area contributed by atoms with Crippen LogP contribution < -0.4 is 0 Å². The Kier molecular flexibility index (Phi) is 4.04. The van der Waals surface area contributed by atoms with E-state index in [1.165, 1.54) is 0 Å². The van der Waals surface area contributed by atoms with E-state index in [9.17, 15) is 0 Å². The quantitative estimate of drug-likeness (QED) is 0.483. The number of aromatic nitrogens is 1. The van der Waals surface area contributed by atoms with Crippen molar-refractivity contribution in [1.29, 1.82) is 0 Å². The average molecular weight is 111 g/mol. The lowest BCUT2D eigenvalue weighted by Gasteiger charge is -1.79. The first kappa shape index (κ1) is 7.28. The molecule has 0 amide bonds. The molecule has 0 bridgehead atoms. The molecule has 8 heavy (non-hydrogen) atoms. The average Bonchev–Trinajstić information content (AvgIpc) is 2.24. The van der Waals surface area contributed by atoms with Gasteiger partial charge in [-0.15, -0.1) is 0 Å². The van der Waals surface area contributed by atoms with Gasteiger partial charge < -0.3 is 4.57 Å². The van der Waals surface area contributed by atoms with Gasteiger partial charge in [0.2, 0.25) is 0 Å². The van der Waals surface area contributed by atoms with Gasteiger partial charge in [0.05, 0.1) is 0 Å². The molecule has 1 aromatic heterocycles. The zero-order valence-electron chi connectivity index (χ0n) is 5.76. The predicted molar refractivity (Wildman–Crippen MR) is 36.8 cm³/mol. The third kappa shape index (κ3) is 2.45. The minimum Gasteiger partial charge on any atom is -0.357 e. The summed E-state index contributed by atoms with van der Waals surface area (Å²) in [5, 5.41) is 0. The molecule has 0 aliphatic heterocycles. The number of hydrogen-bond acceptors (Lipinski definition) is 0. The zero-order valence-corrected chi connectivity index (χ0v) is 5.76. The van der Waals surface area contributed by atoms with E-state index in [1.807, 2.05) is 50.0 Å². The lowest BCUT2D eigenvalue weighted by molar-refractivity contribution is 0.928. The molecule has 0 unspecified atom stereocenters. The molecule has 1 rings (SSSR count). The van der Waals surface area contributed by atoms with E-state index >= 15 is 0 Å². The highest BCUT2D eigenvalue weighted by atomic mass is 14.9. The van der Waals surface area contributed by atoms with Crippen LogP contribution in [-0.4, -0.2) is 4.57 Å². The monoisotopic (exact) mass is 111 g/mol. The molecule has 1 heterocycles. The second kappa shape index (κ2) is 4.44. The molecular weight excluding hydrogens is 98.1 g/mol. The van der Waals surface area contributed by atoms with Gasteiger partial charge in [-0.2, -0.15) is 0 Å². The summed E-state index contributed by atoms with van der Waals surface area (Å²) in [7, 11) is 2.00. The molecule has 46 valence electrons. The molecule has 0 N–H and O–H groups in total. The molecule has 0 atom stereocenters. The van der Waals surface area contributed by atoms with E-state index in [4.69, 9.17) is 0 Å². The Morgan fingerprint density at radius 3 is 1.50 bits per heavy atom. The van der Waals surface area contributed by atoms with Gasteiger partial charge in [-0.25, -0.2) is 0 Å². The molecule has 0 saturated carbocycles. The topological polar surface area (TPSA) is 4.93 Å². The summed E-state index contributed by atoms with van der Waals surface area (Å²) in [4.78, 5) is 0. The second-order valence-corrected chi connectivity index (χ2v) is 1.35. The molecule has 0 aromatic carbocycles. The number of hydrogen-bond donors (Lipinski definition) is 0. The van der Waals surface area contributed by atoms with Crippen LogP contribution >= 0.6 is 0 Å². The maximum Gasteiger partial charge on any atom is 0.0106 e. The van der Waals surface area contributed by atoms with E-state index in [-0.39, 0.29) is 0 Å². The highest BCUT2D eigenvalue weighted by Crippen LogP contribution is 1.80. The summed E-state index contributed by atoms with van der Waals surface area (Å²) >= 11 is 0. The normalized spacial score (nSPS) is 7.38. The molecule has 0 fully saturated rings. The van der Waals surface area contributed by atoms with Gasteiger partial charge >= 0.3 is 0 Å². The summed E-state index contributed by atoms with van der Waals surface area (Å²) in [6.07, 6.45) is 4.00. The van der Waals surface area contributed by atoms with Crippen LogP contribution in [0.15, 0.2) is 24.5 Å². The zero-order chi connectivity index (χ0) is 6.41. The Labute approximate surface area is 51.0 Å². The first-order valence-corrected chi connectivity index (χ1v) is 2.96. The standard InChI is InChI=1S/C5H7N.C2H6/c1-6-4-2-3-5-6;1-2/h2-5H,1H3;1-2H3. The second-order valence-electron chi connectivity index (χ2n) is 1.35. The highest BCUT2D eigenvalue weighted by Gasteiger charge is 1.68. The van der Waals surface area contributed by atoms with Gasteiger partial charge in [0.25, 0.3) is 0 Å². The van der Waals surface area contributed by atoms with Crippen LogP contribution in [0.25, 0.3) is 0 Å². The number of rotatable bonds is 0. The van der Waals surface area contributed by atoms with Crippen LogP contribution in [0.5, 0.6) is 0 Å². The number of nitrogens with zero attached hydrogens (tertiary/aromatic N) is 1. The Bertz CT molecular complexity index is 108. The van der Waals surface area contributed by atoms with Gasteiger partial charge in [-0.1, -0.05) is 13.8 Å². The first-order valence-electron chi connectivity index (χ1n) is 2.96. The van der Waals surface area contributed by atoms with Gasteiger partial charge in [-0.05, 0) is 12.1 Å². The largest absolute Gasteiger partial charge is 0.357 e. The highest BCUT2D eigenvalue weighted by molar-refractivity contribution is 4.88. The molecule has 0 spiro atoms. The SMILES string of the molecule is CC.Cn1cccc1.